The van der Waals surface area contributed by atoms with Gasteiger partial charge in [-0.1, -0.05) is 43.3 Å². The standard InChI is InChI=1S/C28H28N4O4/c1-4-29-17-24(33)32(2)21-13-11-20(12-14-21)30-26(18-8-6-5-7-9-18)25-22-15-10-19(28(35)36-3)16-23(22)31-27(25)34/h5-16,25,29H,4,17H2,1-3H3,(H,31,34). The molecule has 1 aliphatic heterocycles. The van der Waals surface area contributed by atoms with Crippen molar-refractivity contribution in [1.29, 1.82) is 0 Å². The maximum Gasteiger partial charge on any atom is 0.337 e. The summed E-state index contributed by atoms with van der Waals surface area (Å²) >= 11 is 0. The molecule has 184 valence electrons. The molecule has 0 spiro atoms. The molecule has 0 saturated heterocycles. The number of hydrogen-bond acceptors (Lipinski definition) is 6. The molecule has 0 saturated carbocycles. The number of likely N-dealkylation sites (N-methyl/N-ethyl adjacent to an activating group) is 2. The van der Waals surface area contributed by atoms with Gasteiger partial charge in [0.2, 0.25) is 11.8 Å². The second-order valence-electron chi connectivity index (χ2n) is 8.33. The minimum absolute atomic E-state index is 0.0383. The van der Waals surface area contributed by atoms with Crippen molar-refractivity contribution < 1.29 is 19.1 Å². The van der Waals surface area contributed by atoms with Crippen LogP contribution in [0.1, 0.15) is 34.3 Å². The van der Waals surface area contributed by atoms with E-state index in [1.807, 2.05) is 61.5 Å². The summed E-state index contributed by atoms with van der Waals surface area (Å²) in [6, 6.07) is 21.9. The van der Waals surface area contributed by atoms with Crippen LogP contribution < -0.4 is 15.5 Å². The molecule has 1 unspecified atom stereocenters. The Kier molecular flexibility index (Phi) is 7.56. The summed E-state index contributed by atoms with van der Waals surface area (Å²) in [5.41, 5.74) is 4.45. The van der Waals surface area contributed by atoms with E-state index in [2.05, 4.69) is 10.6 Å². The Morgan fingerprint density at radius 2 is 1.75 bits per heavy atom. The topological polar surface area (TPSA) is 100 Å². The Morgan fingerprint density at radius 3 is 2.42 bits per heavy atom. The van der Waals surface area contributed by atoms with Crippen LogP contribution in [0.3, 0.4) is 0 Å². The monoisotopic (exact) mass is 484 g/mol. The van der Waals surface area contributed by atoms with E-state index in [1.165, 1.54) is 7.11 Å². The van der Waals surface area contributed by atoms with Gasteiger partial charge in [-0.15, -0.1) is 0 Å². The highest BCUT2D eigenvalue weighted by Gasteiger charge is 2.36. The van der Waals surface area contributed by atoms with E-state index in [4.69, 9.17) is 9.73 Å². The number of nitrogens with zero attached hydrogens (tertiary/aromatic N) is 2. The number of carbonyl (C=O) groups is 3. The molecule has 0 radical (unpaired) electrons. The minimum Gasteiger partial charge on any atom is -0.465 e. The fraction of sp³-hybridized carbons (Fsp3) is 0.214. The van der Waals surface area contributed by atoms with Crippen LogP contribution >= 0.6 is 0 Å². The Hall–Kier alpha value is -4.30. The molecule has 2 amide bonds. The maximum absolute atomic E-state index is 13.1. The lowest BCUT2D eigenvalue weighted by Gasteiger charge is -2.18. The third kappa shape index (κ3) is 5.18. The molecule has 8 heteroatoms. The van der Waals surface area contributed by atoms with Gasteiger partial charge >= 0.3 is 5.97 Å². The van der Waals surface area contributed by atoms with Crippen LogP contribution in [0.5, 0.6) is 0 Å². The third-order valence-electron chi connectivity index (χ3n) is 6.04. The van der Waals surface area contributed by atoms with E-state index in [-0.39, 0.29) is 18.4 Å². The highest BCUT2D eigenvalue weighted by Crippen LogP contribution is 2.37. The van der Waals surface area contributed by atoms with E-state index >= 15 is 0 Å². The van der Waals surface area contributed by atoms with E-state index < -0.39 is 11.9 Å². The number of amides is 2. The predicted octanol–water partition coefficient (Wildman–Crippen LogP) is 3.90. The molecule has 0 bridgehead atoms. The number of benzene rings is 3. The van der Waals surface area contributed by atoms with Crippen LogP contribution in [0.25, 0.3) is 0 Å². The lowest BCUT2D eigenvalue weighted by molar-refractivity contribution is -0.117. The van der Waals surface area contributed by atoms with E-state index in [1.54, 1.807) is 30.1 Å². The van der Waals surface area contributed by atoms with Crippen LogP contribution in [0, 0.1) is 0 Å². The van der Waals surface area contributed by atoms with E-state index in [0.717, 1.165) is 23.4 Å². The Bertz CT molecular complexity index is 1300. The van der Waals surface area contributed by atoms with Crippen molar-refractivity contribution in [1.82, 2.24) is 5.32 Å². The fourth-order valence-corrected chi connectivity index (χ4v) is 4.07. The summed E-state index contributed by atoms with van der Waals surface area (Å²) in [5, 5.41) is 5.91. The zero-order valence-electron chi connectivity index (χ0n) is 20.4. The number of methoxy groups -OCH3 is 1. The first-order chi connectivity index (χ1) is 17.4. The molecule has 2 N–H and O–H groups in total. The summed E-state index contributed by atoms with van der Waals surface area (Å²) in [6.45, 7) is 2.93. The summed E-state index contributed by atoms with van der Waals surface area (Å²) in [7, 11) is 3.05. The quantitative estimate of drug-likeness (QED) is 0.373. The second kappa shape index (κ2) is 11.0. The number of aliphatic imine (C=N–C) groups is 1. The molecular weight excluding hydrogens is 456 g/mol. The molecule has 4 rings (SSSR count). The average molecular weight is 485 g/mol. The first kappa shape index (κ1) is 24.8. The van der Waals surface area contributed by atoms with Crippen LogP contribution in [0.4, 0.5) is 17.1 Å². The van der Waals surface area contributed by atoms with Crippen molar-refractivity contribution in [3.63, 3.8) is 0 Å². The molecule has 3 aromatic carbocycles. The fourth-order valence-electron chi connectivity index (χ4n) is 4.07. The smallest absolute Gasteiger partial charge is 0.337 e. The molecule has 3 aromatic rings. The lowest BCUT2D eigenvalue weighted by Crippen LogP contribution is -2.35. The summed E-state index contributed by atoms with van der Waals surface area (Å²) in [5.74, 6) is -1.39. The molecule has 0 aliphatic carbocycles. The number of esters is 1. The number of anilines is 2. The molecule has 8 nitrogen and oxygen atoms in total. The number of rotatable bonds is 8. The highest BCUT2D eigenvalue weighted by molar-refractivity contribution is 6.24. The summed E-state index contributed by atoms with van der Waals surface area (Å²) < 4.78 is 4.80. The van der Waals surface area contributed by atoms with Crippen LogP contribution in [0.2, 0.25) is 0 Å². The highest BCUT2D eigenvalue weighted by atomic mass is 16.5. The Balaban J connectivity index is 1.70. The van der Waals surface area contributed by atoms with Crippen molar-refractivity contribution in [3.8, 4) is 0 Å². The Labute approximate surface area is 210 Å². The van der Waals surface area contributed by atoms with Gasteiger partial charge in [-0.05, 0) is 54.1 Å². The molecule has 1 heterocycles. The number of fused-ring (bicyclic) bond motifs is 1. The second-order valence-corrected chi connectivity index (χ2v) is 8.33. The van der Waals surface area contributed by atoms with Crippen molar-refractivity contribution >= 4 is 40.6 Å². The molecule has 1 atom stereocenters. The average Bonchev–Trinajstić information content (AvgIpc) is 3.24. The van der Waals surface area contributed by atoms with Gasteiger partial charge in [-0.25, -0.2) is 4.79 Å². The van der Waals surface area contributed by atoms with Crippen molar-refractivity contribution in [3.05, 3.63) is 89.5 Å². The van der Waals surface area contributed by atoms with Crippen LogP contribution in [-0.4, -0.2) is 50.7 Å². The van der Waals surface area contributed by atoms with Crippen molar-refractivity contribution in [2.45, 2.75) is 12.8 Å². The number of ether oxygens (including phenoxy) is 1. The van der Waals surface area contributed by atoms with Crippen molar-refractivity contribution in [2.24, 2.45) is 4.99 Å². The summed E-state index contributed by atoms with van der Waals surface area (Å²) in [4.78, 5) is 43.9. The molecule has 1 aliphatic rings. The zero-order valence-corrected chi connectivity index (χ0v) is 20.4. The molecule has 0 aromatic heterocycles. The van der Waals surface area contributed by atoms with Gasteiger partial charge < -0.3 is 20.3 Å². The normalized spacial score (nSPS) is 14.7. The van der Waals surface area contributed by atoms with Gasteiger partial charge in [0.1, 0.15) is 5.92 Å². The van der Waals surface area contributed by atoms with Gasteiger partial charge in [0.15, 0.2) is 0 Å². The van der Waals surface area contributed by atoms with Gasteiger partial charge in [0.05, 0.1) is 30.6 Å². The maximum atomic E-state index is 13.1. The molecule has 36 heavy (non-hydrogen) atoms. The summed E-state index contributed by atoms with van der Waals surface area (Å²) in [6.07, 6.45) is 0. The van der Waals surface area contributed by atoms with E-state index in [9.17, 15) is 14.4 Å². The van der Waals surface area contributed by atoms with Crippen molar-refractivity contribution in [2.75, 3.05) is 37.5 Å². The number of nitrogens with one attached hydrogen (secondary N) is 2. The van der Waals surface area contributed by atoms with Gasteiger partial charge in [-0.2, -0.15) is 0 Å². The largest absolute Gasteiger partial charge is 0.465 e. The first-order valence-electron chi connectivity index (χ1n) is 11.7. The first-order valence-corrected chi connectivity index (χ1v) is 11.7. The predicted molar refractivity (Wildman–Crippen MR) is 140 cm³/mol. The number of hydrogen-bond donors (Lipinski definition) is 2. The van der Waals surface area contributed by atoms with Crippen LogP contribution in [0.15, 0.2) is 77.8 Å². The third-order valence-corrected chi connectivity index (χ3v) is 6.04. The van der Waals surface area contributed by atoms with Gasteiger partial charge in [-0.3, -0.25) is 14.6 Å². The zero-order chi connectivity index (χ0) is 25.7. The van der Waals surface area contributed by atoms with Gasteiger partial charge in [0, 0.05) is 18.4 Å². The number of carbonyl (C=O) groups excluding carboxylic acids is 3. The van der Waals surface area contributed by atoms with Gasteiger partial charge in [0.25, 0.3) is 0 Å². The Morgan fingerprint density at radius 1 is 1.03 bits per heavy atom. The van der Waals surface area contributed by atoms with Crippen LogP contribution in [-0.2, 0) is 14.3 Å². The molecular formula is C28H28N4O4. The molecule has 0 fully saturated rings. The minimum atomic E-state index is -0.654. The van der Waals surface area contributed by atoms with E-state index in [0.29, 0.717) is 22.6 Å². The lowest BCUT2D eigenvalue weighted by atomic mass is 9.90. The SMILES string of the molecule is CCNCC(=O)N(C)c1ccc(N=C(c2ccccc2)C2C(=O)Nc3cc(C(=O)OC)ccc32)cc1.